The number of benzene rings is 2. The Kier molecular flexibility index (Phi) is 4.56. The van der Waals surface area contributed by atoms with E-state index in [0.717, 1.165) is 6.07 Å². The van der Waals surface area contributed by atoms with Gasteiger partial charge in [-0.2, -0.15) is 0 Å². The molecule has 0 radical (unpaired) electrons. The molecule has 6 nitrogen and oxygen atoms in total. The number of carbonyl (C=O) groups is 1. The van der Waals surface area contributed by atoms with Crippen molar-refractivity contribution >= 4 is 5.91 Å². The van der Waals surface area contributed by atoms with E-state index in [4.69, 9.17) is 10.5 Å². The average Bonchev–Trinajstić information content (AvgIpc) is 2.62. The first kappa shape index (κ1) is 16.4. The standard InChI is InChI=1S/C18H14FN3O3/c19-10-11-1-5-13(6-2-11)25-14-7-3-12(4-8-14)18-21-15(17(20)24)9-16(23)22-18/h1-9H,10H2,(H2,20,24)(H,21,22,23). The van der Waals surface area contributed by atoms with Gasteiger partial charge in [-0.05, 0) is 42.0 Å². The van der Waals surface area contributed by atoms with Gasteiger partial charge >= 0.3 is 0 Å². The molecule has 3 aromatic rings. The summed E-state index contributed by atoms with van der Waals surface area (Å²) in [7, 11) is 0. The van der Waals surface area contributed by atoms with E-state index in [9.17, 15) is 14.0 Å². The third kappa shape index (κ3) is 3.89. The lowest BCUT2D eigenvalue weighted by Crippen LogP contribution is -2.19. The van der Waals surface area contributed by atoms with Gasteiger partial charge < -0.3 is 15.5 Å². The highest BCUT2D eigenvalue weighted by Crippen LogP contribution is 2.24. The number of aromatic amines is 1. The fraction of sp³-hybridized carbons (Fsp3) is 0.0556. The number of primary amides is 1. The summed E-state index contributed by atoms with van der Waals surface area (Å²) in [5, 5.41) is 0. The van der Waals surface area contributed by atoms with Crippen LogP contribution in [0.2, 0.25) is 0 Å². The number of amides is 1. The Morgan fingerprint density at radius 3 is 2.24 bits per heavy atom. The SMILES string of the molecule is NC(=O)c1cc(=O)[nH]c(-c2ccc(Oc3ccc(CF)cc3)cc2)n1. The summed E-state index contributed by atoms with van der Waals surface area (Å²) in [6, 6.07) is 14.5. The van der Waals surface area contributed by atoms with Gasteiger partial charge in [-0.25, -0.2) is 9.37 Å². The minimum Gasteiger partial charge on any atom is -0.457 e. The van der Waals surface area contributed by atoms with Crippen LogP contribution in [0.25, 0.3) is 11.4 Å². The summed E-state index contributed by atoms with van der Waals surface area (Å²) in [4.78, 5) is 29.4. The Morgan fingerprint density at radius 1 is 1.08 bits per heavy atom. The largest absolute Gasteiger partial charge is 0.457 e. The summed E-state index contributed by atoms with van der Waals surface area (Å²) < 4.78 is 18.2. The van der Waals surface area contributed by atoms with Gasteiger partial charge in [-0.1, -0.05) is 12.1 Å². The molecule has 3 rings (SSSR count). The molecule has 25 heavy (non-hydrogen) atoms. The number of rotatable bonds is 5. The maximum atomic E-state index is 12.5. The highest BCUT2D eigenvalue weighted by atomic mass is 19.1. The van der Waals surface area contributed by atoms with E-state index >= 15 is 0 Å². The molecular weight excluding hydrogens is 325 g/mol. The number of halogens is 1. The van der Waals surface area contributed by atoms with Gasteiger partial charge in [0.15, 0.2) is 0 Å². The molecule has 0 saturated carbocycles. The van der Waals surface area contributed by atoms with Crippen LogP contribution in [0.4, 0.5) is 4.39 Å². The molecule has 7 heteroatoms. The zero-order valence-corrected chi connectivity index (χ0v) is 13.0. The van der Waals surface area contributed by atoms with Crippen LogP contribution in [0, 0.1) is 0 Å². The van der Waals surface area contributed by atoms with Crippen molar-refractivity contribution in [3.05, 3.63) is 76.2 Å². The number of hydrogen-bond acceptors (Lipinski definition) is 4. The lowest BCUT2D eigenvalue weighted by atomic mass is 10.2. The van der Waals surface area contributed by atoms with E-state index in [0.29, 0.717) is 22.6 Å². The van der Waals surface area contributed by atoms with Crippen LogP contribution < -0.4 is 16.0 Å². The van der Waals surface area contributed by atoms with Crippen molar-refractivity contribution in [2.45, 2.75) is 6.67 Å². The number of aromatic nitrogens is 2. The number of nitrogens with one attached hydrogen (secondary N) is 1. The highest BCUT2D eigenvalue weighted by Gasteiger charge is 2.08. The lowest BCUT2D eigenvalue weighted by molar-refractivity contribution is 0.0995. The van der Waals surface area contributed by atoms with E-state index in [1.54, 1.807) is 48.5 Å². The Labute approximate surface area is 142 Å². The van der Waals surface area contributed by atoms with E-state index in [2.05, 4.69) is 9.97 Å². The van der Waals surface area contributed by atoms with Gasteiger partial charge in [0, 0.05) is 11.6 Å². The summed E-state index contributed by atoms with van der Waals surface area (Å²) in [6.45, 7) is -0.523. The van der Waals surface area contributed by atoms with Crippen molar-refractivity contribution in [2.24, 2.45) is 5.73 Å². The molecule has 0 fully saturated rings. The Bertz CT molecular complexity index is 951. The second-order valence-electron chi connectivity index (χ2n) is 5.25. The van der Waals surface area contributed by atoms with Crippen LogP contribution in [-0.4, -0.2) is 15.9 Å². The van der Waals surface area contributed by atoms with E-state index < -0.39 is 18.1 Å². The van der Waals surface area contributed by atoms with Crippen molar-refractivity contribution in [2.75, 3.05) is 0 Å². The number of nitrogens with zero attached hydrogens (tertiary/aromatic N) is 1. The molecule has 0 atom stereocenters. The molecule has 1 amide bonds. The summed E-state index contributed by atoms with van der Waals surface area (Å²) in [5.41, 5.74) is 5.77. The first-order valence-corrected chi connectivity index (χ1v) is 7.39. The van der Waals surface area contributed by atoms with Crippen molar-refractivity contribution < 1.29 is 13.9 Å². The second kappa shape index (κ2) is 6.96. The predicted molar refractivity (Wildman–Crippen MR) is 90.1 cm³/mol. The molecule has 1 heterocycles. The number of nitrogens with two attached hydrogens (primary N) is 1. The zero-order valence-electron chi connectivity index (χ0n) is 13.0. The van der Waals surface area contributed by atoms with Gasteiger partial charge in [-0.3, -0.25) is 9.59 Å². The molecule has 0 bridgehead atoms. The molecule has 0 aliphatic carbocycles. The van der Waals surface area contributed by atoms with Crippen LogP contribution in [0.5, 0.6) is 11.5 Å². The molecule has 0 aliphatic heterocycles. The fourth-order valence-corrected chi connectivity index (χ4v) is 2.18. The first-order chi connectivity index (χ1) is 12.0. The Morgan fingerprint density at radius 2 is 1.68 bits per heavy atom. The van der Waals surface area contributed by atoms with Crippen LogP contribution >= 0.6 is 0 Å². The number of carbonyl (C=O) groups excluding carboxylic acids is 1. The summed E-state index contributed by atoms with van der Waals surface area (Å²) in [6.07, 6.45) is 0. The third-order valence-electron chi connectivity index (χ3n) is 3.44. The first-order valence-electron chi connectivity index (χ1n) is 7.39. The third-order valence-corrected chi connectivity index (χ3v) is 3.44. The van der Waals surface area contributed by atoms with Gasteiger partial charge in [-0.15, -0.1) is 0 Å². The maximum absolute atomic E-state index is 12.5. The Balaban J connectivity index is 1.82. The molecule has 0 unspecified atom stereocenters. The van der Waals surface area contributed by atoms with Gasteiger partial charge in [0.05, 0.1) is 0 Å². The topological polar surface area (TPSA) is 98.1 Å². The maximum Gasteiger partial charge on any atom is 0.267 e. The van der Waals surface area contributed by atoms with Crippen LogP contribution in [0.3, 0.4) is 0 Å². The zero-order chi connectivity index (χ0) is 17.8. The number of H-pyrrole nitrogens is 1. The van der Waals surface area contributed by atoms with Crippen molar-refractivity contribution in [1.29, 1.82) is 0 Å². The normalized spacial score (nSPS) is 10.4. The van der Waals surface area contributed by atoms with Gasteiger partial charge in [0.25, 0.3) is 11.5 Å². The molecule has 3 N–H and O–H groups in total. The van der Waals surface area contributed by atoms with Crippen LogP contribution in [-0.2, 0) is 6.67 Å². The molecule has 0 saturated heterocycles. The lowest BCUT2D eigenvalue weighted by Gasteiger charge is -2.07. The Hall–Kier alpha value is -3.48. The van der Waals surface area contributed by atoms with Crippen LogP contribution in [0.1, 0.15) is 16.1 Å². The molecule has 126 valence electrons. The molecule has 0 spiro atoms. The smallest absolute Gasteiger partial charge is 0.267 e. The number of alkyl halides is 1. The quantitative estimate of drug-likeness (QED) is 0.747. The molecule has 0 aliphatic rings. The minimum absolute atomic E-state index is 0.105. The van der Waals surface area contributed by atoms with Crippen molar-refractivity contribution in [3.63, 3.8) is 0 Å². The summed E-state index contributed by atoms with van der Waals surface area (Å²) in [5.74, 6) is 0.599. The average molecular weight is 339 g/mol. The van der Waals surface area contributed by atoms with E-state index in [1.807, 2.05) is 0 Å². The monoisotopic (exact) mass is 339 g/mol. The second-order valence-corrected chi connectivity index (χ2v) is 5.25. The highest BCUT2D eigenvalue weighted by molar-refractivity contribution is 5.91. The van der Waals surface area contributed by atoms with Gasteiger partial charge in [0.2, 0.25) is 0 Å². The van der Waals surface area contributed by atoms with E-state index in [-0.39, 0.29) is 11.5 Å². The summed E-state index contributed by atoms with van der Waals surface area (Å²) >= 11 is 0. The fourth-order valence-electron chi connectivity index (χ4n) is 2.18. The number of hydrogen-bond donors (Lipinski definition) is 2. The molecule has 1 aromatic heterocycles. The van der Waals surface area contributed by atoms with Crippen molar-refractivity contribution in [3.8, 4) is 22.9 Å². The number of ether oxygens (including phenoxy) is 1. The van der Waals surface area contributed by atoms with E-state index in [1.165, 1.54) is 0 Å². The van der Waals surface area contributed by atoms with Crippen molar-refractivity contribution in [1.82, 2.24) is 9.97 Å². The minimum atomic E-state index is -0.774. The molecule has 2 aromatic carbocycles. The molecular formula is C18H14FN3O3. The predicted octanol–water partition coefficient (Wildman–Crippen LogP) is 2.80. The van der Waals surface area contributed by atoms with Crippen LogP contribution in [0.15, 0.2) is 59.4 Å². The van der Waals surface area contributed by atoms with Gasteiger partial charge in [0.1, 0.15) is 29.7 Å².